The topological polar surface area (TPSA) is 51.2 Å². The van der Waals surface area contributed by atoms with Crippen molar-refractivity contribution in [3.63, 3.8) is 0 Å². The third-order valence-corrected chi connectivity index (χ3v) is 6.61. The lowest BCUT2D eigenvalue weighted by molar-refractivity contribution is -0.0498. The molecule has 1 aromatic rings. The van der Waals surface area contributed by atoms with E-state index in [9.17, 15) is 13.0 Å². The highest BCUT2D eigenvalue weighted by Gasteiger charge is 2.29. The fourth-order valence-corrected chi connectivity index (χ4v) is 4.90. The Kier molecular flexibility index (Phi) is 8.16. The van der Waals surface area contributed by atoms with Crippen LogP contribution in [-0.2, 0) is 20.5 Å². The lowest BCUT2D eigenvalue weighted by atomic mass is 10.1. The molecule has 0 spiro atoms. The first-order chi connectivity index (χ1) is 13.6. The van der Waals surface area contributed by atoms with E-state index in [1.807, 2.05) is 4.31 Å². The summed E-state index contributed by atoms with van der Waals surface area (Å²) in [5.74, 6) is 0.0608. The van der Waals surface area contributed by atoms with Gasteiger partial charge >= 0.3 is 6.61 Å². The largest absolute Gasteiger partial charge is 0.435 e. The number of morpholine rings is 1. The van der Waals surface area contributed by atoms with Gasteiger partial charge in [-0.1, -0.05) is 6.92 Å². The van der Waals surface area contributed by atoms with Gasteiger partial charge < -0.3 is 14.2 Å². The summed E-state index contributed by atoms with van der Waals surface area (Å²) in [6.07, 6.45) is 2.05. The molecule has 0 N–H and O–H groups in total. The van der Waals surface area contributed by atoms with Crippen molar-refractivity contribution in [2.45, 2.75) is 43.4 Å². The molecule has 2 aliphatic rings. The molecule has 158 valence electrons. The molecule has 2 saturated heterocycles. The first-order valence-electron chi connectivity index (χ1n) is 9.72. The Hall–Kier alpha value is -1.13. The fraction of sp³-hybridized carbons (Fsp3) is 0.684. The van der Waals surface area contributed by atoms with Crippen LogP contribution in [0.1, 0.15) is 19.8 Å². The molecule has 9 heteroatoms. The summed E-state index contributed by atoms with van der Waals surface area (Å²) in [5.41, 5.74) is 0. The van der Waals surface area contributed by atoms with Gasteiger partial charge in [0.05, 0.1) is 17.6 Å². The van der Waals surface area contributed by atoms with E-state index in [2.05, 4.69) is 16.6 Å². The second-order valence-electron chi connectivity index (χ2n) is 6.91. The first-order valence-corrected chi connectivity index (χ1v) is 10.8. The monoisotopic (exact) mass is 418 g/mol. The summed E-state index contributed by atoms with van der Waals surface area (Å²) in [7, 11) is -1.36. The minimum Gasteiger partial charge on any atom is -0.435 e. The molecule has 2 fully saturated rings. The highest BCUT2D eigenvalue weighted by Crippen LogP contribution is 2.21. The van der Waals surface area contributed by atoms with Crippen LogP contribution in [0.3, 0.4) is 0 Å². The Bertz CT molecular complexity index is 629. The molecule has 2 aliphatic heterocycles. The van der Waals surface area contributed by atoms with Crippen molar-refractivity contribution in [3.8, 4) is 5.75 Å². The zero-order valence-electron chi connectivity index (χ0n) is 16.1. The Balaban J connectivity index is 1.56. The van der Waals surface area contributed by atoms with Crippen molar-refractivity contribution >= 4 is 11.0 Å². The summed E-state index contributed by atoms with van der Waals surface area (Å²) in [6.45, 7) is 4.29. The van der Waals surface area contributed by atoms with Crippen LogP contribution in [0.5, 0.6) is 5.75 Å². The van der Waals surface area contributed by atoms with E-state index in [4.69, 9.17) is 9.47 Å². The van der Waals surface area contributed by atoms with Crippen molar-refractivity contribution in [2.75, 3.05) is 46.0 Å². The number of alkyl halides is 2. The molecule has 1 aromatic carbocycles. The van der Waals surface area contributed by atoms with Gasteiger partial charge in [0.15, 0.2) is 0 Å². The Labute approximate surface area is 167 Å². The molecule has 0 saturated carbocycles. The van der Waals surface area contributed by atoms with Gasteiger partial charge in [-0.05, 0) is 43.7 Å². The van der Waals surface area contributed by atoms with Crippen molar-refractivity contribution < 1.29 is 27.2 Å². The predicted molar refractivity (Wildman–Crippen MR) is 102 cm³/mol. The summed E-state index contributed by atoms with van der Waals surface area (Å²) in [4.78, 5) is 3.00. The Morgan fingerprint density at radius 1 is 1.25 bits per heavy atom. The first kappa shape index (κ1) is 21.6. The number of benzene rings is 1. The minimum atomic E-state index is -2.87. The van der Waals surface area contributed by atoms with Crippen LogP contribution in [0.2, 0.25) is 0 Å². The average Bonchev–Trinajstić information content (AvgIpc) is 2.72. The zero-order chi connectivity index (χ0) is 19.9. The van der Waals surface area contributed by atoms with E-state index in [0.717, 1.165) is 39.1 Å². The molecule has 2 unspecified atom stereocenters. The number of ether oxygens (including phenoxy) is 3. The summed E-state index contributed by atoms with van der Waals surface area (Å²) in [5, 5.41) is 0. The molecular weight excluding hydrogens is 390 g/mol. The number of hydrogen-bond donors (Lipinski definition) is 0. The van der Waals surface area contributed by atoms with Crippen molar-refractivity contribution in [2.24, 2.45) is 0 Å². The number of hydrogen-bond acceptors (Lipinski definition) is 5. The van der Waals surface area contributed by atoms with E-state index in [1.54, 1.807) is 12.1 Å². The number of rotatable bonds is 8. The van der Waals surface area contributed by atoms with E-state index in [-0.39, 0.29) is 11.9 Å². The smallest absolute Gasteiger partial charge is 0.387 e. The van der Waals surface area contributed by atoms with E-state index in [1.165, 1.54) is 12.1 Å². The minimum absolute atomic E-state index is 0.0121. The number of likely N-dealkylation sites (N-methyl/N-ethyl adjacent to an activating group) is 1. The van der Waals surface area contributed by atoms with Gasteiger partial charge in [-0.15, -0.1) is 0 Å². The zero-order valence-corrected chi connectivity index (χ0v) is 16.9. The molecular formula is C19H28F2N2O4S. The third-order valence-electron chi connectivity index (χ3n) is 5.14. The van der Waals surface area contributed by atoms with Crippen LogP contribution < -0.4 is 4.74 Å². The molecule has 6 nitrogen and oxygen atoms in total. The van der Waals surface area contributed by atoms with Gasteiger partial charge in [0.2, 0.25) is 0 Å². The predicted octanol–water partition coefficient (Wildman–Crippen LogP) is 2.51. The summed E-state index contributed by atoms with van der Waals surface area (Å²) < 4.78 is 55.0. The second-order valence-corrected chi connectivity index (χ2v) is 8.40. The van der Waals surface area contributed by atoms with Crippen molar-refractivity contribution in [1.82, 2.24) is 9.21 Å². The average molecular weight is 419 g/mol. The van der Waals surface area contributed by atoms with Crippen LogP contribution in [0.4, 0.5) is 8.78 Å². The van der Waals surface area contributed by atoms with Crippen molar-refractivity contribution in [3.05, 3.63) is 24.3 Å². The normalized spacial score (nSPS) is 23.2. The molecule has 3 rings (SSSR count). The molecule has 0 aliphatic carbocycles. The molecule has 0 aromatic heterocycles. The molecule has 0 bridgehead atoms. The van der Waals surface area contributed by atoms with Gasteiger partial charge in [-0.2, -0.15) is 8.78 Å². The maximum Gasteiger partial charge on any atom is 0.387 e. The van der Waals surface area contributed by atoms with Crippen molar-refractivity contribution in [1.29, 1.82) is 0 Å². The van der Waals surface area contributed by atoms with E-state index in [0.29, 0.717) is 30.6 Å². The van der Waals surface area contributed by atoms with Crippen LogP contribution in [-0.4, -0.2) is 78.2 Å². The lowest BCUT2D eigenvalue weighted by Gasteiger charge is -2.38. The van der Waals surface area contributed by atoms with Crippen LogP contribution in [0, 0.1) is 0 Å². The van der Waals surface area contributed by atoms with Gasteiger partial charge in [0.25, 0.3) is 0 Å². The van der Waals surface area contributed by atoms with Crippen LogP contribution in [0.25, 0.3) is 0 Å². The maximum atomic E-state index is 12.9. The van der Waals surface area contributed by atoms with Crippen LogP contribution in [0.15, 0.2) is 29.2 Å². The maximum absolute atomic E-state index is 12.9. The number of halogens is 2. The Morgan fingerprint density at radius 2 is 1.96 bits per heavy atom. The quantitative estimate of drug-likeness (QED) is 0.649. The molecule has 2 heterocycles. The molecule has 2 atom stereocenters. The fourth-order valence-electron chi connectivity index (χ4n) is 3.69. The summed E-state index contributed by atoms with van der Waals surface area (Å²) in [6, 6.07) is 6.48. The highest BCUT2D eigenvalue weighted by molar-refractivity contribution is 7.82. The number of nitrogens with zero attached hydrogens (tertiary/aromatic N) is 2. The third kappa shape index (κ3) is 5.93. The lowest BCUT2D eigenvalue weighted by Crippen LogP contribution is -2.50. The van der Waals surface area contributed by atoms with E-state index >= 15 is 0 Å². The van der Waals surface area contributed by atoms with Gasteiger partial charge in [-0.3, -0.25) is 4.90 Å². The second kappa shape index (κ2) is 10.6. The van der Waals surface area contributed by atoms with Crippen LogP contribution >= 0.6 is 0 Å². The summed E-state index contributed by atoms with van der Waals surface area (Å²) >= 11 is 0. The highest BCUT2D eigenvalue weighted by atomic mass is 32.2. The SMILES string of the molecule is CCN(CC1CN(S(=O)c2ccc(OC(F)F)cc2)CCO1)C1CCOCC1. The van der Waals surface area contributed by atoms with Gasteiger partial charge in [0.1, 0.15) is 16.7 Å². The van der Waals surface area contributed by atoms with E-state index < -0.39 is 17.6 Å². The van der Waals surface area contributed by atoms with Gasteiger partial charge in [0, 0.05) is 38.9 Å². The molecule has 28 heavy (non-hydrogen) atoms. The standard InChI is InChI=1S/C19H28F2N2O4S/c1-2-22(15-7-10-25-11-8-15)13-17-14-23(9-12-26-17)28(24)18-5-3-16(4-6-18)27-19(20)21/h3-6,15,17,19H,2,7-14H2,1H3. The Morgan fingerprint density at radius 3 is 2.61 bits per heavy atom. The molecule has 0 radical (unpaired) electrons. The van der Waals surface area contributed by atoms with Gasteiger partial charge in [-0.25, -0.2) is 8.51 Å². The molecule has 0 amide bonds.